The fraction of sp³-hybridized carbons (Fsp3) is 0.133. The lowest BCUT2D eigenvalue weighted by Crippen LogP contribution is -1.99. The molecule has 0 aliphatic heterocycles. The lowest BCUT2D eigenvalue weighted by molar-refractivity contribution is 0.0697. The Hall–Kier alpha value is -2.23. The van der Waals surface area contributed by atoms with Gasteiger partial charge in [-0.05, 0) is 54.8 Å². The fourth-order valence-corrected chi connectivity index (χ4v) is 1.90. The Morgan fingerprint density at radius 1 is 0.947 bits per heavy atom. The molecule has 0 heterocycles. The molecule has 2 aromatic carbocycles. The van der Waals surface area contributed by atoms with Gasteiger partial charge in [0, 0.05) is 5.56 Å². The molecule has 0 fully saturated rings. The molecule has 0 bridgehead atoms. The standard InChI is InChI=1S/C15H12F2O2/c1-8-3-4-10(15(18)19)6-11(8)12-7-13(16)9(2)5-14(12)17/h3-7H,1-2H3,(H,18,19). The smallest absolute Gasteiger partial charge is 0.335 e. The quantitative estimate of drug-likeness (QED) is 0.889. The van der Waals surface area contributed by atoms with Gasteiger partial charge in [-0.3, -0.25) is 0 Å². The Bertz CT molecular complexity index is 663. The normalized spacial score (nSPS) is 10.5. The van der Waals surface area contributed by atoms with Crippen molar-refractivity contribution in [2.75, 3.05) is 0 Å². The summed E-state index contributed by atoms with van der Waals surface area (Å²) >= 11 is 0. The fourth-order valence-electron chi connectivity index (χ4n) is 1.90. The zero-order valence-electron chi connectivity index (χ0n) is 10.5. The van der Waals surface area contributed by atoms with Crippen molar-refractivity contribution >= 4 is 5.97 Å². The van der Waals surface area contributed by atoms with Gasteiger partial charge in [0.25, 0.3) is 0 Å². The third kappa shape index (κ3) is 2.47. The first-order valence-corrected chi connectivity index (χ1v) is 5.70. The van der Waals surface area contributed by atoms with E-state index >= 15 is 0 Å². The van der Waals surface area contributed by atoms with Gasteiger partial charge in [-0.25, -0.2) is 13.6 Å². The summed E-state index contributed by atoms with van der Waals surface area (Å²) in [5.74, 6) is -2.18. The zero-order chi connectivity index (χ0) is 14.2. The Morgan fingerprint density at radius 2 is 1.63 bits per heavy atom. The van der Waals surface area contributed by atoms with E-state index in [4.69, 9.17) is 5.11 Å². The number of rotatable bonds is 2. The molecular weight excluding hydrogens is 250 g/mol. The van der Waals surface area contributed by atoms with Crippen LogP contribution in [0.3, 0.4) is 0 Å². The molecular formula is C15H12F2O2. The van der Waals surface area contributed by atoms with Crippen LogP contribution >= 0.6 is 0 Å². The number of hydrogen-bond acceptors (Lipinski definition) is 1. The van der Waals surface area contributed by atoms with Gasteiger partial charge in [-0.1, -0.05) is 6.07 Å². The number of aryl methyl sites for hydroxylation is 2. The van der Waals surface area contributed by atoms with Crippen molar-refractivity contribution in [3.8, 4) is 11.1 Å². The molecule has 0 aromatic heterocycles. The van der Waals surface area contributed by atoms with Gasteiger partial charge in [0.2, 0.25) is 0 Å². The van der Waals surface area contributed by atoms with E-state index in [9.17, 15) is 13.6 Å². The lowest BCUT2D eigenvalue weighted by atomic mass is 9.96. The van der Waals surface area contributed by atoms with Crippen LogP contribution in [0.5, 0.6) is 0 Å². The topological polar surface area (TPSA) is 37.3 Å². The molecule has 0 saturated carbocycles. The van der Waals surface area contributed by atoms with Gasteiger partial charge in [0.15, 0.2) is 0 Å². The Balaban J connectivity index is 2.67. The molecule has 0 spiro atoms. The SMILES string of the molecule is Cc1cc(F)c(-c2cc(C(=O)O)ccc2C)cc1F. The molecule has 19 heavy (non-hydrogen) atoms. The maximum absolute atomic E-state index is 13.9. The lowest BCUT2D eigenvalue weighted by Gasteiger charge is -2.10. The minimum atomic E-state index is -1.10. The number of aromatic carboxylic acids is 1. The highest BCUT2D eigenvalue weighted by Crippen LogP contribution is 2.29. The maximum atomic E-state index is 13.9. The Labute approximate surface area is 109 Å². The number of benzene rings is 2. The highest BCUT2D eigenvalue weighted by atomic mass is 19.1. The molecule has 0 radical (unpaired) electrons. The van der Waals surface area contributed by atoms with Crippen molar-refractivity contribution in [2.45, 2.75) is 13.8 Å². The average Bonchev–Trinajstić information content (AvgIpc) is 2.34. The summed E-state index contributed by atoms with van der Waals surface area (Å²) in [6.07, 6.45) is 0. The molecule has 0 saturated heterocycles. The first kappa shape index (κ1) is 13.2. The summed E-state index contributed by atoms with van der Waals surface area (Å²) in [5.41, 5.74) is 1.40. The molecule has 98 valence electrons. The van der Waals surface area contributed by atoms with Crippen molar-refractivity contribution in [2.24, 2.45) is 0 Å². The summed E-state index contributed by atoms with van der Waals surface area (Å²) in [6, 6.07) is 6.57. The molecule has 0 amide bonds. The summed E-state index contributed by atoms with van der Waals surface area (Å²) in [7, 11) is 0. The van der Waals surface area contributed by atoms with E-state index in [1.807, 2.05) is 0 Å². The van der Waals surface area contributed by atoms with Crippen molar-refractivity contribution in [1.29, 1.82) is 0 Å². The van der Waals surface area contributed by atoms with Crippen LogP contribution in [0.4, 0.5) is 8.78 Å². The molecule has 0 aliphatic rings. The second kappa shape index (κ2) is 4.80. The first-order valence-electron chi connectivity index (χ1n) is 5.70. The number of carboxylic acid groups (broad SMARTS) is 1. The Kier molecular flexibility index (Phi) is 3.34. The number of halogens is 2. The number of carboxylic acids is 1. The summed E-state index contributed by atoms with van der Waals surface area (Å²) < 4.78 is 27.5. The monoisotopic (exact) mass is 262 g/mol. The largest absolute Gasteiger partial charge is 0.478 e. The highest BCUT2D eigenvalue weighted by molar-refractivity contribution is 5.90. The van der Waals surface area contributed by atoms with E-state index in [1.165, 1.54) is 19.1 Å². The molecule has 2 nitrogen and oxygen atoms in total. The molecule has 4 heteroatoms. The predicted octanol–water partition coefficient (Wildman–Crippen LogP) is 3.95. The van der Waals surface area contributed by atoms with Gasteiger partial charge in [-0.2, -0.15) is 0 Å². The minimum Gasteiger partial charge on any atom is -0.478 e. The van der Waals surface area contributed by atoms with Crippen LogP contribution < -0.4 is 0 Å². The molecule has 0 atom stereocenters. The van der Waals surface area contributed by atoms with Crippen LogP contribution in [0.15, 0.2) is 30.3 Å². The zero-order valence-corrected chi connectivity index (χ0v) is 10.5. The van der Waals surface area contributed by atoms with E-state index in [-0.39, 0.29) is 16.7 Å². The van der Waals surface area contributed by atoms with E-state index in [0.29, 0.717) is 11.1 Å². The maximum Gasteiger partial charge on any atom is 0.335 e. The number of carbonyl (C=O) groups is 1. The van der Waals surface area contributed by atoms with Gasteiger partial charge in [0.05, 0.1) is 5.56 Å². The van der Waals surface area contributed by atoms with Gasteiger partial charge in [-0.15, -0.1) is 0 Å². The van der Waals surface area contributed by atoms with Crippen molar-refractivity contribution in [3.05, 3.63) is 58.7 Å². The van der Waals surface area contributed by atoms with Gasteiger partial charge < -0.3 is 5.11 Å². The molecule has 0 unspecified atom stereocenters. The van der Waals surface area contributed by atoms with Crippen LogP contribution in [0.25, 0.3) is 11.1 Å². The third-order valence-corrected chi connectivity index (χ3v) is 3.02. The van der Waals surface area contributed by atoms with Gasteiger partial charge >= 0.3 is 5.97 Å². The van der Waals surface area contributed by atoms with E-state index in [0.717, 1.165) is 12.1 Å². The summed E-state index contributed by atoms with van der Waals surface area (Å²) in [4.78, 5) is 10.9. The number of hydrogen-bond donors (Lipinski definition) is 1. The van der Waals surface area contributed by atoms with Crippen LogP contribution in [-0.4, -0.2) is 11.1 Å². The molecule has 1 N–H and O–H groups in total. The summed E-state index contributed by atoms with van der Waals surface area (Å²) in [6.45, 7) is 3.20. The molecule has 0 aliphatic carbocycles. The average molecular weight is 262 g/mol. The predicted molar refractivity (Wildman–Crippen MR) is 68.2 cm³/mol. The van der Waals surface area contributed by atoms with Gasteiger partial charge in [0.1, 0.15) is 11.6 Å². The molecule has 2 rings (SSSR count). The second-order valence-corrected chi connectivity index (χ2v) is 4.42. The van der Waals surface area contributed by atoms with Crippen molar-refractivity contribution < 1.29 is 18.7 Å². The second-order valence-electron chi connectivity index (χ2n) is 4.42. The van der Waals surface area contributed by atoms with Crippen LogP contribution in [-0.2, 0) is 0 Å². The summed E-state index contributed by atoms with van der Waals surface area (Å²) in [5, 5.41) is 8.95. The van der Waals surface area contributed by atoms with Crippen LogP contribution in [0.1, 0.15) is 21.5 Å². The first-order chi connectivity index (χ1) is 8.90. The van der Waals surface area contributed by atoms with Crippen molar-refractivity contribution in [3.63, 3.8) is 0 Å². The van der Waals surface area contributed by atoms with E-state index in [1.54, 1.807) is 13.0 Å². The minimum absolute atomic E-state index is 0.0426. The Morgan fingerprint density at radius 3 is 2.26 bits per heavy atom. The molecule has 2 aromatic rings. The van der Waals surface area contributed by atoms with Crippen LogP contribution in [0, 0.1) is 25.5 Å². The van der Waals surface area contributed by atoms with Crippen molar-refractivity contribution in [1.82, 2.24) is 0 Å². The highest BCUT2D eigenvalue weighted by Gasteiger charge is 2.13. The van der Waals surface area contributed by atoms with Crippen LogP contribution in [0.2, 0.25) is 0 Å². The third-order valence-electron chi connectivity index (χ3n) is 3.02. The van der Waals surface area contributed by atoms with E-state index in [2.05, 4.69) is 0 Å². The van der Waals surface area contributed by atoms with E-state index < -0.39 is 17.6 Å².